The van der Waals surface area contributed by atoms with E-state index in [1.165, 1.54) is 25.3 Å². The number of hydrogen-bond donors (Lipinski definition) is 2. The number of aromatic hydroxyl groups is 1. The van der Waals surface area contributed by atoms with Gasteiger partial charge in [0.1, 0.15) is 11.8 Å². The summed E-state index contributed by atoms with van der Waals surface area (Å²) in [6.07, 6.45) is 0.0970. The second kappa shape index (κ2) is 7.77. The lowest BCUT2D eigenvalue weighted by Crippen LogP contribution is -2.42. The second-order valence-corrected chi connectivity index (χ2v) is 7.79. The van der Waals surface area contributed by atoms with Crippen molar-refractivity contribution in [3.63, 3.8) is 0 Å². The molecule has 0 aliphatic carbocycles. The van der Waals surface area contributed by atoms with Gasteiger partial charge in [-0.05, 0) is 47.0 Å². The van der Waals surface area contributed by atoms with Gasteiger partial charge in [-0.2, -0.15) is 4.72 Å². The van der Waals surface area contributed by atoms with Crippen molar-refractivity contribution in [2.24, 2.45) is 0 Å². The van der Waals surface area contributed by atoms with Gasteiger partial charge in [0.15, 0.2) is 0 Å². The highest BCUT2D eigenvalue weighted by atomic mass is 32.2. The SMILES string of the molecule is COC(=O)C(Cc1ccc(O)cc1)NS(=O)(=O)c1ccc2ccccc2c1. The van der Waals surface area contributed by atoms with Crippen LogP contribution in [-0.4, -0.2) is 32.6 Å². The summed E-state index contributed by atoms with van der Waals surface area (Å²) in [5.74, 6) is -0.599. The lowest BCUT2D eigenvalue weighted by atomic mass is 10.1. The van der Waals surface area contributed by atoms with Crippen molar-refractivity contribution in [3.05, 3.63) is 72.3 Å². The molecule has 3 aromatic rings. The van der Waals surface area contributed by atoms with E-state index in [0.29, 0.717) is 5.56 Å². The highest BCUT2D eigenvalue weighted by Crippen LogP contribution is 2.20. The summed E-state index contributed by atoms with van der Waals surface area (Å²) in [6.45, 7) is 0. The molecule has 0 aliphatic heterocycles. The summed E-state index contributed by atoms with van der Waals surface area (Å²) in [5, 5.41) is 11.1. The van der Waals surface area contributed by atoms with Gasteiger partial charge < -0.3 is 9.84 Å². The number of sulfonamides is 1. The summed E-state index contributed by atoms with van der Waals surface area (Å²) < 4.78 is 32.8. The average Bonchev–Trinajstić information content (AvgIpc) is 2.68. The lowest BCUT2D eigenvalue weighted by Gasteiger charge is -2.17. The molecule has 0 aromatic heterocycles. The number of fused-ring (bicyclic) bond motifs is 1. The fraction of sp³-hybridized carbons (Fsp3) is 0.150. The van der Waals surface area contributed by atoms with Gasteiger partial charge in [-0.25, -0.2) is 8.42 Å². The fourth-order valence-corrected chi connectivity index (χ4v) is 3.99. The van der Waals surface area contributed by atoms with Crippen molar-refractivity contribution in [1.29, 1.82) is 0 Å². The molecule has 3 rings (SSSR count). The molecule has 3 aromatic carbocycles. The Balaban J connectivity index is 1.88. The van der Waals surface area contributed by atoms with Gasteiger partial charge in [0.05, 0.1) is 12.0 Å². The molecule has 1 atom stereocenters. The molecule has 0 fully saturated rings. The van der Waals surface area contributed by atoms with Crippen LogP contribution in [0.25, 0.3) is 10.8 Å². The maximum absolute atomic E-state index is 12.8. The number of carbonyl (C=O) groups is 1. The first-order chi connectivity index (χ1) is 12.9. The molecule has 0 saturated heterocycles. The molecule has 0 aliphatic rings. The molecule has 0 spiro atoms. The Labute approximate surface area is 157 Å². The topological polar surface area (TPSA) is 92.7 Å². The average molecular weight is 385 g/mol. The lowest BCUT2D eigenvalue weighted by molar-refractivity contribution is -0.142. The number of carbonyl (C=O) groups excluding carboxylic acids is 1. The number of phenolic OH excluding ortho intramolecular Hbond substituents is 1. The first-order valence-corrected chi connectivity index (χ1v) is 9.74. The van der Waals surface area contributed by atoms with Crippen LogP contribution in [0.1, 0.15) is 5.56 Å². The van der Waals surface area contributed by atoms with Crippen LogP contribution in [0.5, 0.6) is 5.75 Å². The molecule has 7 heteroatoms. The van der Waals surface area contributed by atoms with E-state index in [9.17, 15) is 18.3 Å². The normalized spacial score (nSPS) is 12.6. The largest absolute Gasteiger partial charge is 0.508 e. The Morgan fingerprint density at radius 1 is 1.04 bits per heavy atom. The van der Waals surface area contributed by atoms with Gasteiger partial charge in [-0.15, -0.1) is 0 Å². The number of ether oxygens (including phenoxy) is 1. The molecule has 0 radical (unpaired) electrons. The zero-order chi connectivity index (χ0) is 19.4. The first-order valence-electron chi connectivity index (χ1n) is 8.26. The van der Waals surface area contributed by atoms with Crippen LogP contribution < -0.4 is 4.72 Å². The molecule has 0 amide bonds. The number of esters is 1. The Hall–Kier alpha value is -2.90. The number of phenols is 1. The minimum Gasteiger partial charge on any atom is -0.508 e. The minimum atomic E-state index is -3.93. The van der Waals surface area contributed by atoms with Crippen LogP contribution >= 0.6 is 0 Å². The summed E-state index contributed by atoms with van der Waals surface area (Å²) in [7, 11) is -2.73. The summed E-state index contributed by atoms with van der Waals surface area (Å²) >= 11 is 0. The molecule has 27 heavy (non-hydrogen) atoms. The standard InChI is InChI=1S/C20H19NO5S/c1-26-20(23)19(12-14-6-9-17(22)10-7-14)21-27(24,25)18-11-8-15-4-2-3-5-16(15)13-18/h2-11,13,19,21-22H,12H2,1H3. The third kappa shape index (κ3) is 4.45. The summed E-state index contributed by atoms with van der Waals surface area (Å²) in [6, 6.07) is 17.3. The highest BCUT2D eigenvalue weighted by molar-refractivity contribution is 7.89. The molecular formula is C20H19NO5S. The molecule has 1 unspecified atom stereocenters. The first kappa shape index (κ1) is 18.9. The van der Waals surface area contributed by atoms with E-state index in [-0.39, 0.29) is 17.1 Å². The smallest absolute Gasteiger partial charge is 0.324 e. The van der Waals surface area contributed by atoms with E-state index in [4.69, 9.17) is 4.74 Å². The maximum Gasteiger partial charge on any atom is 0.324 e. The van der Waals surface area contributed by atoms with Crippen molar-refractivity contribution in [3.8, 4) is 5.75 Å². The Morgan fingerprint density at radius 3 is 2.37 bits per heavy atom. The van der Waals surface area contributed by atoms with E-state index in [0.717, 1.165) is 10.8 Å². The molecule has 140 valence electrons. The second-order valence-electron chi connectivity index (χ2n) is 6.08. The van der Waals surface area contributed by atoms with Crippen molar-refractivity contribution >= 4 is 26.8 Å². The highest BCUT2D eigenvalue weighted by Gasteiger charge is 2.27. The predicted octanol–water partition coefficient (Wildman–Crippen LogP) is 2.61. The zero-order valence-electron chi connectivity index (χ0n) is 14.6. The Morgan fingerprint density at radius 2 is 1.70 bits per heavy atom. The van der Waals surface area contributed by atoms with Gasteiger partial charge in [0.25, 0.3) is 0 Å². The van der Waals surface area contributed by atoms with Crippen LogP contribution in [0, 0.1) is 0 Å². The molecule has 0 heterocycles. The predicted molar refractivity (Wildman–Crippen MR) is 102 cm³/mol. The Kier molecular flexibility index (Phi) is 5.43. The van der Waals surface area contributed by atoms with Crippen LogP contribution in [0.2, 0.25) is 0 Å². The molecular weight excluding hydrogens is 366 g/mol. The number of nitrogens with one attached hydrogen (secondary N) is 1. The molecule has 0 saturated carbocycles. The zero-order valence-corrected chi connectivity index (χ0v) is 15.4. The molecule has 6 nitrogen and oxygen atoms in total. The van der Waals surface area contributed by atoms with Crippen molar-refractivity contribution in [2.75, 3.05) is 7.11 Å². The Bertz CT molecular complexity index is 1060. The van der Waals surface area contributed by atoms with Crippen LogP contribution in [0.15, 0.2) is 71.6 Å². The van der Waals surface area contributed by atoms with Crippen molar-refractivity contribution < 1.29 is 23.1 Å². The number of hydrogen-bond acceptors (Lipinski definition) is 5. The van der Waals surface area contributed by atoms with Gasteiger partial charge in [-0.3, -0.25) is 4.79 Å². The van der Waals surface area contributed by atoms with E-state index in [1.807, 2.05) is 24.3 Å². The van der Waals surface area contributed by atoms with Crippen molar-refractivity contribution in [2.45, 2.75) is 17.4 Å². The minimum absolute atomic E-state index is 0.0702. The number of rotatable bonds is 6. The summed E-state index contributed by atoms with van der Waals surface area (Å²) in [4.78, 5) is 12.2. The van der Waals surface area contributed by atoms with Crippen LogP contribution in [-0.2, 0) is 26.0 Å². The fourth-order valence-electron chi connectivity index (χ4n) is 2.77. The van der Waals surface area contributed by atoms with Gasteiger partial charge in [-0.1, -0.05) is 42.5 Å². The summed E-state index contributed by atoms with van der Waals surface area (Å²) in [5.41, 5.74) is 0.685. The van der Waals surface area contributed by atoms with E-state index in [1.54, 1.807) is 24.3 Å². The van der Waals surface area contributed by atoms with E-state index < -0.39 is 22.0 Å². The third-order valence-corrected chi connectivity index (χ3v) is 5.66. The molecule has 0 bridgehead atoms. The van der Waals surface area contributed by atoms with Gasteiger partial charge in [0, 0.05) is 0 Å². The third-order valence-electron chi connectivity index (χ3n) is 4.19. The van der Waals surface area contributed by atoms with Gasteiger partial charge in [0.2, 0.25) is 10.0 Å². The van der Waals surface area contributed by atoms with Gasteiger partial charge >= 0.3 is 5.97 Å². The monoisotopic (exact) mass is 385 g/mol. The number of methoxy groups -OCH3 is 1. The van der Waals surface area contributed by atoms with Crippen molar-refractivity contribution in [1.82, 2.24) is 4.72 Å². The van der Waals surface area contributed by atoms with E-state index in [2.05, 4.69) is 4.72 Å². The van der Waals surface area contributed by atoms with E-state index >= 15 is 0 Å². The van der Waals surface area contributed by atoms with Crippen LogP contribution in [0.4, 0.5) is 0 Å². The van der Waals surface area contributed by atoms with Crippen LogP contribution in [0.3, 0.4) is 0 Å². The number of benzene rings is 3. The maximum atomic E-state index is 12.8. The molecule has 2 N–H and O–H groups in total. The quantitative estimate of drug-likeness (QED) is 0.637.